The summed E-state index contributed by atoms with van der Waals surface area (Å²) in [6.45, 7) is 8.57. The lowest BCUT2D eigenvalue weighted by atomic mass is 9.77. The number of sulfone groups is 2. The molecule has 1 fully saturated rings. The fourth-order valence-electron chi connectivity index (χ4n) is 6.51. The van der Waals surface area contributed by atoms with E-state index < -0.39 is 47.5 Å². The van der Waals surface area contributed by atoms with Crippen LogP contribution in [0.3, 0.4) is 0 Å². The summed E-state index contributed by atoms with van der Waals surface area (Å²) in [5, 5.41) is -2.29. The second-order valence-electron chi connectivity index (χ2n) is 13.0. The number of carbonyl (C=O) groups is 3. The molecule has 262 valence electrons. The topological polar surface area (TPSA) is 132 Å². The maximum absolute atomic E-state index is 14.4. The molecule has 1 aliphatic heterocycles. The summed E-state index contributed by atoms with van der Waals surface area (Å²) in [6, 6.07) is 10.9. The average molecular weight is 708 g/mol. The van der Waals surface area contributed by atoms with E-state index in [1.165, 1.54) is 62.6 Å². The second-order valence-corrected chi connectivity index (χ2v) is 17.6. The van der Waals surface area contributed by atoms with Gasteiger partial charge in [-0.3, -0.25) is 19.3 Å². The molecule has 2 atom stereocenters. The first kappa shape index (κ1) is 36.6. The molecule has 0 amide bonds. The average Bonchev–Trinajstić information content (AvgIpc) is 3.10. The number of rotatable bonds is 14. The summed E-state index contributed by atoms with van der Waals surface area (Å²) in [5.74, 6) is -1.34. The van der Waals surface area contributed by atoms with E-state index in [0.29, 0.717) is 42.7 Å². The van der Waals surface area contributed by atoms with Crippen molar-refractivity contribution < 1.29 is 36.0 Å². The minimum Gasteiger partial charge on any atom is -0.492 e. The van der Waals surface area contributed by atoms with Gasteiger partial charge in [0.15, 0.2) is 37.0 Å². The van der Waals surface area contributed by atoms with Gasteiger partial charge < -0.3 is 4.74 Å². The van der Waals surface area contributed by atoms with E-state index in [1.54, 1.807) is 31.2 Å². The van der Waals surface area contributed by atoms with Crippen LogP contribution in [0.4, 0.5) is 0 Å². The zero-order valence-corrected chi connectivity index (χ0v) is 30.1. The first-order chi connectivity index (χ1) is 23.4. The third kappa shape index (κ3) is 7.89. The van der Waals surface area contributed by atoms with Crippen molar-refractivity contribution in [2.75, 3.05) is 32.0 Å². The van der Waals surface area contributed by atoms with E-state index in [0.717, 1.165) is 19.6 Å². The first-order valence-electron chi connectivity index (χ1n) is 17.2. The van der Waals surface area contributed by atoms with Crippen molar-refractivity contribution >= 4 is 42.6 Å². The molecule has 9 nitrogen and oxygen atoms in total. The molecular weight excluding hydrogens is 663 g/mol. The first-order valence-corrected chi connectivity index (χ1v) is 20.4. The minimum absolute atomic E-state index is 0.0463. The Labute approximate surface area is 289 Å². The van der Waals surface area contributed by atoms with Gasteiger partial charge in [0, 0.05) is 35.2 Å². The highest BCUT2D eigenvalue weighted by molar-refractivity contribution is 7.93. The van der Waals surface area contributed by atoms with Gasteiger partial charge in [0.1, 0.15) is 17.6 Å². The van der Waals surface area contributed by atoms with E-state index >= 15 is 0 Å². The van der Waals surface area contributed by atoms with Gasteiger partial charge in [0.2, 0.25) is 0 Å². The quantitative estimate of drug-likeness (QED) is 0.233. The summed E-state index contributed by atoms with van der Waals surface area (Å²) < 4.78 is 58.7. The summed E-state index contributed by atoms with van der Waals surface area (Å²) in [4.78, 5) is 44.7. The van der Waals surface area contributed by atoms with Crippen molar-refractivity contribution in [1.82, 2.24) is 4.90 Å². The highest BCUT2D eigenvalue weighted by Crippen LogP contribution is 2.39. The number of piperidine rings is 1. The SMILES string of the molecule is CCCCS(=O)(=O)c1ccc2c(c1)CC(=O)C(C1=CC=CC(S(=O)(=O)C(C)CC)C1=O)=C2C(=O)c1ccc(OCCN2CCCCC2)cc1. The number of likely N-dealkylation sites (tertiary alicyclic amines) is 1. The number of hydrogen-bond acceptors (Lipinski definition) is 9. The molecular formula is C38H45NO8S2. The number of Topliss-reactive ketones (excluding diaryl/α,β-unsaturated/α-hetero) is 3. The van der Waals surface area contributed by atoms with Gasteiger partial charge in [0.05, 0.1) is 15.9 Å². The van der Waals surface area contributed by atoms with Gasteiger partial charge in [-0.25, -0.2) is 16.8 Å². The van der Waals surface area contributed by atoms with Crippen LogP contribution in [0.15, 0.2) is 76.7 Å². The normalized spacial score (nSPS) is 19.4. The summed E-state index contributed by atoms with van der Waals surface area (Å²) in [7, 11) is -7.56. The molecule has 2 aliphatic carbocycles. The van der Waals surface area contributed by atoms with Gasteiger partial charge >= 0.3 is 0 Å². The van der Waals surface area contributed by atoms with Crippen LogP contribution >= 0.6 is 0 Å². The van der Waals surface area contributed by atoms with Gasteiger partial charge in [-0.1, -0.05) is 51.0 Å². The predicted octanol–water partition coefficient (Wildman–Crippen LogP) is 5.53. The molecule has 49 heavy (non-hydrogen) atoms. The number of hydrogen-bond donors (Lipinski definition) is 0. The zero-order chi connectivity index (χ0) is 35.3. The number of ether oxygens (including phenoxy) is 1. The molecule has 0 N–H and O–H groups in total. The Morgan fingerprint density at radius 3 is 2.37 bits per heavy atom. The summed E-state index contributed by atoms with van der Waals surface area (Å²) in [5.41, 5.74) is 0.572. The molecule has 2 aromatic rings. The van der Waals surface area contributed by atoms with Crippen molar-refractivity contribution in [1.29, 1.82) is 0 Å². The third-order valence-corrected chi connectivity index (χ3v) is 14.0. The van der Waals surface area contributed by atoms with Crippen molar-refractivity contribution in [2.24, 2.45) is 0 Å². The largest absolute Gasteiger partial charge is 0.492 e. The summed E-state index contributed by atoms with van der Waals surface area (Å²) in [6.07, 6.45) is 8.99. The molecule has 0 aromatic heterocycles. The number of ketones is 3. The van der Waals surface area contributed by atoms with Crippen LogP contribution in [0.2, 0.25) is 0 Å². The van der Waals surface area contributed by atoms with E-state index in [2.05, 4.69) is 4.90 Å². The molecule has 0 bridgehead atoms. The predicted molar refractivity (Wildman–Crippen MR) is 190 cm³/mol. The Bertz CT molecular complexity index is 1920. The van der Waals surface area contributed by atoms with Gasteiger partial charge in [-0.15, -0.1) is 0 Å². The smallest absolute Gasteiger partial charge is 0.194 e. The van der Waals surface area contributed by atoms with Crippen molar-refractivity contribution in [3.63, 3.8) is 0 Å². The molecule has 3 aliphatic rings. The molecule has 0 spiro atoms. The Balaban J connectivity index is 1.54. The highest BCUT2D eigenvalue weighted by atomic mass is 32.2. The van der Waals surface area contributed by atoms with Crippen LogP contribution in [0.25, 0.3) is 5.57 Å². The maximum Gasteiger partial charge on any atom is 0.194 e. The van der Waals surface area contributed by atoms with E-state index in [-0.39, 0.29) is 39.4 Å². The molecule has 11 heteroatoms. The van der Waals surface area contributed by atoms with Crippen LogP contribution < -0.4 is 4.74 Å². The maximum atomic E-state index is 14.4. The number of fused-ring (bicyclic) bond motifs is 1. The van der Waals surface area contributed by atoms with Crippen molar-refractivity contribution in [2.45, 2.75) is 81.1 Å². The summed E-state index contributed by atoms with van der Waals surface area (Å²) >= 11 is 0. The lowest BCUT2D eigenvalue weighted by Gasteiger charge is -2.27. The molecule has 5 rings (SSSR count). The molecule has 2 unspecified atom stereocenters. The lowest BCUT2D eigenvalue weighted by Crippen LogP contribution is -2.38. The van der Waals surface area contributed by atoms with Gasteiger partial charge in [-0.05, 0) is 93.2 Å². The van der Waals surface area contributed by atoms with Crippen LogP contribution in [-0.4, -0.2) is 81.6 Å². The lowest BCUT2D eigenvalue weighted by molar-refractivity contribution is -0.117. The Kier molecular flexibility index (Phi) is 11.6. The van der Waals surface area contributed by atoms with Crippen LogP contribution in [0, 0.1) is 0 Å². The van der Waals surface area contributed by atoms with Gasteiger partial charge in [0.25, 0.3) is 0 Å². The number of unbranched alkanes of at least 4 members (excludes halogenated alkanes) is 1. The number of allylic oxidation sites excluding steroid dienone is 5. The molecule has 2 aromatic carbocycles. The second kappa shape index (κ2) is 15.5. The third-order valence-electron chi connectivity index (χ3n) is 9.65. The van der Waals surface area contributed by atoms with E-state index in [9.17, 15) is 31.2 Å². The highest BCUT2D eigenvalue weighted by Gasteiger charge is 2.41. The molecule has 0 saturated carbocycles. The van der Waals surface area contributed by atoms with Crippen molar-refractivity contribution in [3.8, 4) is 5.75 Å². The fraction of sp³-hybridized carbons (Fsp3) is 0.447. The van der Waals surface area contributed by atoms with Crippen LogP contribution in [0.1, 0.15) is 80.8 Å². The van der Waals surface area contributed by atoms with Crippen LogP contribution in [-0.2, 0) is 35.7 Å². The molecule has 1 saturated heterocycles. The zero-order valence-electron chi connectivity index (χ0n) is 28.4. The van der Waals surface area contributed by atoms with E-state index in [4.69, 9.17) is 4.74 Å². The number of carbonyl (C=O) groups excluding carboxylic acids is 3. The Hall–Kier alpha value is -3.67. The molecule has 1 heterocycles. The molecule has 0 radical (unpaired) electrons. The van der Waals surface area contributed by atoms with Crippen molar-refractivity contribution in [3.05, 3.63) is 88.5 Å². The Morgan fingerprint density at radius 2 is 1.69 bits per heavy atom. The Morgan fingerprint density at radius 1 is 0.980 bits per heavy atom. The monoisotopic (exact) mass is 707 g/mol. The van der Waals surface area contributed by atoms with E-state index in [1.807, 2.05) is 6.92 Å². The number of nitrogens with zero attached hydrogens (tertiary/aromatic N) is 1. The fourth-order valence-corrected chi connectivity index (χ4v) is 9.71. The standard InChI is InChI=1S/C38H45NO8S2/c1-4-6-23-48(43,44)30-17-18-31-28(24-30)25-33(40)35(32-11-10-12-34(38(32)42)49(45,46)26(3)5-2)36(31)37(41)27-13-15-29(16-14-27)47-22-21-39-19-8-7-9-20-39/h10-18,24,26,34H,4-9,19-23,25H2,1-3H3. The van der Waals surface area contributed by atoms with Crippen LogP contribution in [0.5, 0.6) is 5.75 Å². The minimum atomic E-state index is -3.93. The number of benzene rings is 2. The van der Waals surface area contributed by atoms with Gasteiger partial charge in [-0.2, -0.15) is 0 Å².